The Labute approximate surface area is 142 Å². The second-order valence-electron chi connectivity index (χ2n) is 9.52. The van der Waals surface area contributed by atoms with Gasteiger partial charge in [0.25, 0.3) is 0 Å². The first-order valence-corrected chi connectivity index (χ1v) is 10.2. The van der Waals surface area contributed by atoms with E-state index in [0.717, 1.165) is 35.6 Å². The summed E-state index contributed by atoms with van der Waals surface area (Å²) in [6.45, 7) is 4.32. The summed E-state index contributed by atoms with van der Waals surface area (Å²) in [4.78, 5) is 12.2. The van der Waals surface area contributed by atoms with Crippen molar-refractivity contribution in [1.29, 1.82) is 0 Å². The fraction of sp³-hybridized carbons (Fsp3) is 0.952. The Kier molecular flexibility index (Phi) is 4.11. The molecule has 2 nitrogen and oxygen atoms in total. The molecule has 0 aromatic heterocycles. The van der Waals surface area contributed by atoms with Crippen LogP contribution in [0.2, 0.25) is 0 Å². The van der Waals surface area contributed by atoms with Gasteiger partial charge in [-0.25, -0.2) is 0 Å². The zero-order chi connectivity index (χ0) is 16.2. The van der Waals surface area contributed by atoms with Gasteiger partial charge in [0, 0.05) is 12.0 Å². The summed E-state index contributed by atoms with van der Waals surface area (Å²) in [5, 5.41) is 3.53. The molecule has 0 unspecified atom stereocenters. The van der Waals surface area contributed by atoms with E-state index in [0.29, 0.717) is 17.1 Å². The first kappa shape index (κ1) is 16.1. The molecule has 4 aliphatic carbocycles. The third kappa shape index (κ3) is 2.42. The average molecular weight is 318 g/mol. The molecule has 0 aromatic carbocycles. The summed E-state index contributed by atoms with van der Waals surface area (Å²) in [7, 11) is 2.14. The number of hydrogen-bond acceptors (Lipinski definition) is 2. The normalized spacial score (nSPS) is 52.4. The molecular formula is C21H35NO. The quantitative estimate of drug-likeness (QED) is 0.816. The molecule has 130 valence electrons. The maximum Gasteiger partial charge on any atom is 0.133 e. The molecule has 0 bridgehead atoms. The van der Waals surface area contributed by atoms with Crippen molar-refractivity contribution < 1.29 is 4.79 Å². The fourth-order valence-corrected chi connectivity index (χ4v) is 7.78. The topological polar surface area (TPSA) is 29.1 Å². The predicted molar refractivity (Wildman–Crippen MR) is 94.1 cm³/mol. The summed E-state index contributed by atoms with van der Waals surface area (Å²) in [5.41, 5.74) is 0.335. The summed E-state index contributed by atoms with van der Waals surface area (Å²) < 4.78 is 0. The van der Waals surface area contributed by atoms with Gasteiger partial charge in [-0.15, -0.1) is 0 Å². The zero-order valence-electron chi connectivity index (χ0n) is 15.3. The molecule has 0 aromatic rings. The average Bonchev–Trinajstić information content (AvgIpc) is 2.91. The summed E-state index contributed by atoms with van der Waals surface area (Å²) in [6.07, 6.45) is 12.4. The maximum atomic E-state index is 12.2. The Morgan fingerprint density at radius 3 is 2.48 bits per heavy atom. The van der Waals surface area contributed by atoms with E-state index < -0.39 is 0 Å². The van der Waals surface area contributed by atoms with Crippen LogP contribution >= 0.6 is 0 Å². The molecule has 0 saturated heterocycles. The molecule has 4 rings (SSSR count). The Balaban J connectivity index is 1.53. The van der Waals surface area contributed by atoms with Crippen molar-refractivity contribution in [3.63, 3.8) is 0 Å². The van der Waals surface area contributed by atoms with Crippen molar-refractivity contribution in [3.05, 3.63) is 0 Å². The number of carbonyl (C=O) groups excluding carboxylic acids is 1. The smallest absolute Gasteiger partial charge is 0.133 e. The van der Waals surface area contributed by atoms with Crippen LogP contribution < -0.4 is 5.32 Å². The first-order chi connectivity index (χ1) is 11.0. The fourth-order valence-electron chi connectivity index (χ4n) is 7.78. The molecule has 0 aliphatic heterocycles. The highest BCUT2D eigenvalue weighted by Gasteiger charge is 2.57. The molecule has 0 spiro atoms. The molecule has 1 N–H and O–H groups in total. The van der Waals surface area contributed by atoms with E-state index in [2.05, 4.69) is 19.3 Å². The second kappa shape index (κ2) is 5.86. The van der Waals surface area contributed by atoms with Gasteiger partial charge in [0.1, 0.15) is 5.78 Å². The van der Waals surface area contributed by atoms with E-state index in [1.165, 1.54) is 57.8 Å². The van der Waals surface area contributed by atoms with Crippen LogP contribution in [0.5, 0.6) is 0 Å². The third-order valence-corrected chi connectivity index (χ3v) is 8.85. The second-order valence-corrected chi connectivity index (χ2v) is 9.52. The van der Waals surface area contributed by atoms with Gasteiger partial charge in [-0.1, -0.05) is 6.92 Å². The molecule has 4 aliphatic rings. The zero-order valence-corrected chi connectivity index (χ0v) is 15.3. The number of rotatable bonds is 2. The highest BCUT2D eigenvalue weighted by Crippen LogP contribution is 2.64. The van der Waals surface area contributed by atoms with E-state index in [9.17, 15) is 4.79 Å². The number of Topliss-reactive ketones (excluding diaryl/α,β-unsaturated/α-hetero) is 1. The number of carbonyl (C=O) groups is 1. The van der Waals surface area contributed by atoms with Crippen molar-refractivity contribution in [1.82, 2.24) is 5.32 Å². The lowest BCUT2D eigenvalue weighted by atomic mass is 9.49. The Hall–Kier alpha value is -0.370. The predicted octanol–water partition coefficient (Wildman–Crippen LogP) is 4.43. The van der Waals surface area contributed by atoms with Crippen LogP contribution in [0.15, 0.2) is 0 Å². The molecule has 0 amide bonds. The lowest BCUT2D eigenvalue weighted by Gasteiger charge is -2.56. The van der Waals surface area contributed by atoms with Gasteiger partial charge in [-0.3, -0.25) is 4.79 Å². The summed E-state index contributed by atoms with van der Waals surface area (Å²) in [6, 6.07) is 0.773. The number of hydrogen-bond donors (Lipinski definition) is 1. The number of nitrogens with one attached hydrogen (secondary N) is 1. The van der Waals surface area contributed by atoms with Gasteiger partial charge in [-0.05, 0) is 107 Å². The van der Waals surface area contributed by atoms with Crippen molar-refractivity contribution in [2.24, 2.45) is 40.9 Å². The van der Waals surface area contributed by atoms with Crippen molar-refractivity contribution >= 4 is 5.78 Å². The van der Waals surface area contributed by atoms with E-state index in [1.54, 1.807) is 0 Å². The minimum absolute atomic E-state index is 0.335. The monoisotopic (exact) mass is 317 g/mol. The van der Waals surface area contributed by atoms with Crippen molar-refractivity contribution in [3.8, 4) is 0 Å². The van der Waals surface area contributed by atoms with Gasteiger partial charge in [-0.2, -0.15) is 0 Å². The molecule has 4 saturated carbocycles. The largest absolute Gasteiger partial charge is 0.317 e. The van der Waals surface area contributed by atoms with Crippen LogP contribution in [0.4, 0.5) is 0 Å². The summed E-state index contributed by atoms with van der Waals surface area (Å²) >= 11 is 0. The molecular weight excluding hydrogens is 282 g/mol. The van der Waals surface area contributed by atoms with Gasteiger partial charge in [0.2, 0.25) is 0 Å². The van der Waals surface area contributed by atoms with Gasteiger partial charge >= 0.3 is 0 Å². The van der Waals surface area contributed by atoms with Gasteiger partial charge < -0.3 is 5.32 Å². The highest BCUT2D eigenvalue weighted by atomic mass is 16.1. The SMILES string of the molecule is CN[C@@H]1CC[C@H]2[C@H](CC[C@@H]3[C@@H]2CC[C@]2(C)[C@@H](C(C)=O)CC[C@@H]32)C1. The molecule has 2 heteroatoms. The highest BCUT2D eigenvalue weighted by molar-refractivity contribution is 5.79. The van der Waals surface area contributed by atoms with Crippen LogP contribution in [0.1, 0.15) is 71.6 Å². The van der Waals surface area contributed by atoms with E-state index in [-0.39, 0.29) is 0 Å². The molecule has 8 atom stereocenters. The van der Waals surface area contributed by atoms with Crippen LogP contribution in [0.3, 0.4) is 0 Å². The van der Waals surface area contributed by atoms with Crippen molar-refractivity contribution in [2.45, 2.75) is 77.7 Å². The molecule has 0 radical (unpaired) electrons. The Morgan fingerprint density at radius 2 is 1.74 bits per heavy atom. The number of ketones is 1. The molecule has 23 heavy (non-hydrogen) atoms. The minimum atomic E-state index is 0.335. The molecule has 4 fully saturated rings. The minimum Gasteiger partial charge on any atom is -0.317 e. The Bertz CT molecular complexity index is 474. The lowest BCUT2D eigenvalue weighted by Crippen LogP contribution is -2.50. The first-order valence-electron chi connectivity index (χ1n) is 10.2. The van der Waals surface area contributed by atoms with Crippen LogP contribution in [0, 0.1) is 40.9 Å². The maximum absolute atomic E-state index is 12.2. The van der Waals surface area contributed by atoms with Crippen LogP contribution in [0.25, 0.3) is 0 Å². The van der Waals surface area contributed by atoms with Crippen molar-refractivity contribution in [2.75, 3.05) is 7.05 Å². The van der Waals surface area contributed by atoms with Gasteiger partial charge in [0.15, 0.2) is 0 Å². The summed E-state index contributed by atoms with van der Waals surface area (Å²) in [5.74, 6) is 5.58. The van der Waals surface area contributed by atoms with Crippen LogP contribution in [-0.4, -0.2) is 18.9 Å². The van der Waals surface area contributed by atoms with Gasteiger partial charge in [0.05, 0.1) is 0 Å². The van der Waals surface area contributed by atoms with E-state index in [4.69, 9.17) is 0 Å². The van der Waals surface area contributed by atoms with Crippen LogP contribution in [-0.2, 0) is 4.79 Å². The number of fused-ring (bicyclic) bond motifs is 5. The molecule has 0 heterocycles. The third-order valence-electron chi connectivity index (χ3n) is 8.85. The standard InChI is InChI=1S/C21H35NO/c1-13(23)19-8-9-20-18-6-4-14-12-15(22-3)5-7-16(14)17(18)10-11-21(19,20)2/h14-20,22H,4-12H2,1-3H3/t14-,15-,16+,17-,18-,19-,20+,21-/m1/s1. The Morgan fingerprint density at radius 1 is 0.957 bits per heavy atom. The van der Waals surface area contributed by atoms with E-state index >= 15 is 0 Å². The van der Waals surface area contributed by atoms with E-state index in [1.807, 2.05) is 6.92 Å². The lowest BCUT2D eigenvalue weighted by molar-refractivity contribution is -0.128.